The Morgan fingerprint density at radius 2 is 1.89 bits per heavy atom. The number of halogens is 3. The maximum atomic E-state index is 13.4. The van der Waals surface area contributed by atoms with Gasteiger partial charge in [-0.25, -0.2) is 4.79 Å². The van der Waals surface area contributed by atoms with E-state index in [2.05, 4.69) is 6.07 Å². The standard InChI is InChI=1S/C28H32F3N3O3/c1-27(2,3)37-25(35)18-24(20-8-4-9-21(17-20)28(29,30)31)34-16-15-33(26(34)36)14-6-10-22-13-12-19-7-5-11-23(19)32-22/h4,8-9,12-13,15-17,24H,5-7,10-11,14,18H2,1-3H3. The van der Waals surface area contributed by atoms with Crippen molar-refractivity contribution >= 4 is 5.97 Å². The van der Waals surface area contributed by atoms with E-state index in [1.807, 2.05) is 6.07 Å². The molecule has 1 aliphatic carbocycles. The van der Waals surface area contributed by atoms with Crippen LogP contribution in [0.3, 0.4) is 0 Å². The van der Waals surface area contributed by atoms with Crippen LogP contribution >= 0.6 is 0 Å². The topological polar surface area (TPSA) is 66.1 Å². The molecular weight excluding hydrogens is 483 g/mol. The van der Waals surface area contributed by atoms with Gasteiger partial charge in [0.05, 0.1) is 18.0 Å². The zero-order valence-electron chi connectivity index (χ0n) is 21.3. The minimum Gasteiger partial charge on any atom is -0.460 e. The van der Waals surface area contributed by atoms with Crippen molar-refractivity contribution in [3.63, 3.8) is 0 Å². The number of carbonyl (C=O) groups is 1. The summed E-state index contributed by atoms with van der Waals surface area (Å²) in [5.74, 6) is -0.600. The van der Waals surface area contributed by atoms with Crippen LogP contribution in [0.2, 0.25) is 0 Å². The average Bonchev–Trinajstić information content (AvgIpc) is 3.42. The number of imidazole rings is 1. The lowest BCUT2D eigenvalue weighted by atomic mass is 10.0. The van der Waals surface area contributed by atoms with Crippen LogP contribution in [0.5, 0.6) is 0 Å². The zero-order valence-corrected chi connectivity index (χ0v) is 21.3. The number of aryl methyl sites for hydroxylation is 4. The van der Waals surface area contributed by atoms with E-state index < -0.39 is 35.0 Å². The number of alkyl halides is 3. The molecule has 2 heterocycles. The van der Waals surface area contributed by atoms with E-state index in [0.29, 0.717) is 19.4 Å². The first-order chi connectivity index (χ1) is 17.4. The molecule has 1 aromatic carbocycles. The van der Waals surface area contributed by atoms with Gasteiger partial charge < -0.3 is 4.74 Å². The molecule has 1 aliphatic rings. The predicted octanol–water partition coefficient (Wildman–Crippen LogP) is 5.51. The summed E-state index contributed by atoms with van der Waals surface area (Å²) in [5, 5.41) is 0. The van der Waals surface area contributed by atoms with Crippen molar-refractivity contribution in [2.24, 2.45) is 0 Å². The van der Waals surface area contributed by atoms with Gasteiger partial charge in [0.25, 0.3) is 0 Å². The fraction of sp³-hybridized carbons (Fsp3) is 0.464. The number of hydrogen-bond donors (Lipinski definition) is 0. The molecule has 4 rings (SSSR count). The Morgan fingerprint density at radius 1 is 1.11 bits per heavy atom. The number of esters is 1. The van der Waals surface area contributed by atoms with Gasteiger partial charge in [-0.3, -0.25) is 18.9 Å². The lowest BCUT2D eigenvalue weighted by Crippen LogP contribution is -2.31. The second-order valence-corrected chi connectivity index (χ2v) is 10.5. The number of pyridine rings is 1. The lowest BCUT2D eigenvalue weighted by Gasteiger charge is -2.23. The Morgan fingerprint density at radius 3 is 2.62 bits per heavy atom. The number of aromatic nitrogens is 3. The first-order valence-electron chi connectivity index (χ1n) is 12.5. The fourth-order valence-corrected chi connectivity index (χ4v) is 4.71. The molecule has 198 valence electrons. The predicted molar refractivity (Wildman–Crippen MR) is 133 cm³/mol. The molecule has 1 unspecified atom stereocenters. The van der Waals surface area contributed by atoms with E-state index in [9.17, 15) is 22.8 Å². The highest BCUT2D eigenvalue weighted by Gasteiger charge is 2.32. The number of nitrogens with zero attached hydrogens (tertiary/aromatic N) is 3. The van der Waals surface area contributed by atoms with Gasteiger partial charge in [0.2, 0.25) is 0 Å². The van der Waals surface area contributed by atoms with E-state index in [4.69, 9.17) is 9.72 Å². The molecule has 0 aliphatic heterocycles. The van der Waals surface area contributed by atoms with Crippen LogP contribution < -0.4 is 5.69 Å². The van der Waals surface area contributed by atoms with Crippen LogP contribution in [0, 0.1) is 0 Å². The number of carbonyl (C=O) groups excluding carboxylic acids is 1. The van der Waals surface area contributed by atoms with E-state index in [1.54, 1.807) is 27.0 Å². The molecule has 0 saturated heterocycles. The first-order valence-corrected chi connectivity index (χ1v) is 12.5. The minimum absolute atomic E-state index is 0.211. The van der Waals surface area contributed by atoms with Gasteiger partial charge in [0, 0.05) is 30.3 Å². The monoisotopic (exact) mass is 515 g/mol. The van der Waals surface area contributed by atoms with E-state index in [-0.39, 0.29) is 12.0 Å². The normalized spacial score (nSPS) is 14.4. The van der Waals surface area contributed by atoms with Crippen LogP contribution in [0.4, 0.5) is 13.2 Å². The van der Waals surface area contributed by atoms with Crippen molar-refractivity contribution in [3.8, 4) is 0 Å². The smallest absolute Gasteiger partial charge is 0.416 e. The molecule has 6 nitrogen and oxygen atoms in total. The molecule has 1 atom stereocenters. The highest BCUT2D eigenvalue weighted by atomic mass is 19.4. The first kappa shape index (κ1) is 26.7. The van der Waals surface area contributed by atoms with Crippen LogP contribution in [-0.4, -0.2) is 25.7 Å². The van der Waals surface area contributed by atoms with Crippen LogP contribution in [0.25, 0.3) is 0 Å². The third kappa shape index (κ3) is 6.70. The number of benzene rings is 1. The number of hydrogen-bond acceptors (Lipinski definition) is 4. The molecule has 0 bridgehead atoms. The van der Waals surface area contributed by atoms with Gasteiger partial charge in [-0.15, -0.1) is 0 Å². The van der Waals surface area contributed by atoms with Crippen molar-refractivity contribution in [1.29, 1.82) is 0 Å². The summed E-state index contributed by atoms with van der Waals surface area (Å²) < 4.78 is 48.4. The molecule has 0 amide bonds. The van der Waals surface area contributed by atoms with E-state index in [1.165, 1.54) is 33.0 Å². The summed E-state index contributed by atoms with van der Waals surface area (Å²) in [6.07, 6.45) is 2.89. The Labute approximate surface area is 214 Å². The largest absolute Gasteiger partial charge is 0.460 e. The fourth-order valence-electron chi connectivity index (χ4n) is 4.71. The van der Waals surface area contributed by atoms with Gasteiger partial charge in [-0.2, -0.15) is 13.2 Å². The SMILES string of the molecule is CC(C)(C)OC(=O)CC(c1cccc(C(F)(F)F)c1)n1ccn(CCCc2ccc3c(n2)CCC3)c1=O. The minimum atomic E-state index is -4.55. The van der Waals surface area contributed by atoms with E-state index in [0.717, 1.165) is 42.8 Å². The van der Waals surface area contributed by atoms with Crippen molar-refractivity contribution in [1.82, 2.24) is 14.1 Å². The second-order valence-electron chi connectivity index (χ2n) is 10.5. The maximum absolute atomic E-state index is 13.4. The van der Waals surface area contributed by atoms with Crippen LogP contribution in [-0.2, 0) is 41.5 Å². The molecule has 0 saturated carbocycles. The number of ether oxygens (including phenoxy) is 1. The molecular formula is C28H32F3N3O3. The summed E-state index contributed by atoms with van der Waals surface area (Å²) in [4.78, 5) is 30.6. The molecule has 0 fully saturated rings. The van der Waals surface area contributed by atoms with Crippen molar-refractivity contribution in [2.45, 2.75) is 83.7 Å². The Bertz CT molecular complexity index is 1320. The van der Waals surface area contributed by atoms with Crippen molar-refractivity contribution < 1.29 is 22.7 Å². The van der Waals surface area contributed by atoms with Gasteiger partial charge >= 0.3 is 17.8 Å². The molecule has 0 spiro atoms. The summed E-state index contributed by atoms with van der Waals surface area (Å²) in [5.41, 5.74) is 1.66. The molecule has 2 aromatic heterocycles. The molecule has 37 heavy (non-hydrogen) atoms. The summed E-state index contributed by atoms with van der Waals surface area (Å²) in [7, 11) is 0. The van der Waals surface area contributed by atoms with Gasteiger partial charge in [0.1, 0.15) is 5.60 Å². The Balaban J connectivity index is 1.54. The van der Waals surface area contributed by atoms with E-state index >= 15 is 0 Å². The lowest BCUT2D eigenvalue weighted by molar-refractivity contribution is -0.155. The number of rotatable bonds is 8. The molecule has 9 heteroatoms. The maximum Gasteiger partial charge on any atom is 0.416 e. The molecule has 3 aromatic rings. The van der Waals surface area contributed by atoms with Crippen LogP contribution in [0.15, 0.2) is 53.6 Å². The summed E-state index contributed by atoms with van der Waals surface area (Å²) in [6.45, 7) is 5.56. The Kier molecular flexibility index (Phi) is 7.62. The summed E-state index contributed by atoms with van der Waals surface area (Å²) >= 11 is 0. The number of fused-ring (bicyclic) bond motifs is 1. The van der Waals surface area contributed by atoms with Gasteiger partial charge in [-0.1, -0.05) is 18.2 Å². The van der Waals surface area contributed by atoms with Gasteiger partial charge in [-0.05, 0) is 82.2 Å². The highest BCUT2D eigenvalue weighted by molar-refractivity contribution is 5.71. The summed E-state index contributed by atoms with van der Waals surface area (Å²) in [6, 6.07) is 7.95. The van der Waals surface area contributed by atoms with Gasteiger partial charge in [0.15, 0.2) is 0 Å². The second kappa shape index (κ2) is 10.6. The van der Waals surface area contributed by atoms with Crippen LogP contribution in [0.1, 0.15) is 74.2 Å². The molecule has 0 N–H and O–H groups in total. The average molecular weight is 516 g/mol. The third-order valence-electron chi connectivity index (χ3n) is 6.41. The zero-order chi connectivity index (χ0) is 26.8. The Hall–Kier alpha value is -3.36. The highest BCUT2D eigenvalue weighted by Crippen LogP contribution is 2.32. The molecule has 0 radical (unpaired) electrons. The van der Waals surface area contributed by atoms with Crippen molar-refractivity contribution in [2.75, 3.05) is 0 Å². The third-order valence-corrected chi connectivity index (χ3v) is 6.41. The quantitative estimate of drug-likeness (QED) is 0.371. The van der Waals surface area contributed by atoms with Crippen molar-refractivity contribution in [3.05, 3.63) is 87.4 Å².